The molecule has 0 radical (unpaired) electrons. The van der Waals surface area contributed by atoms with Gasteiger partial charge in [-0.05, 0) is 49.9 Å². The molecule has 2 aliphatic heterocycles. The lowest BCUT2D eigenvalue weighted by Crippen LogP contribution is -2.40. The molecule has 3 aliphatic rings. The van der Waals surface area contributed by atoms with Gasteiger partial charge in [0, 0.05) is 43.1 Å². The van der Waals surface area contributed by atoms with E-state index in [1.807, 2.05) is 36.6 Å². The van der Waals surface area contributed by atoms with Crippen molar-refractivity contribution in [1.82, 2.24) is 24.2 Å². The van der Waals surface area contributed by atoms with Gasteiger partial charge < -0.3 is 24.5 Å². The number of nitrogens with one attached hydrogen (secondary N) is 1. The van der Waals surface area contributed by atoms with Crippen LogP contribution >= 0.6 is 0 Å². The Morgan fingerprint density at radius 2 is 2.03 bits per heavy atom. The van der Waals surface area contributed by atoms with E-state index in [0.717, 1.165) is 16.6 Å². The number of pyridine rings is 1. The lowest BCUT2D eigenvalue weighted by molar-refractivity contribution is 0.00705. The van der Waals surface area contributed by atoms with Gasteiger partial charge in [-0.1, -0.05) is 0 Å². The van der Waals surface area contributed by atoms with Gasteiger partial charge in [0.05, 0.1) is 23.9 Å². The van der Waals surface area contributed by atoms with Crippen LogP contribution in [0.1, 0.15) is 44.8 Å². The van der Waals surface area contributed by atoms with E-state index in [1.165, 1.54) is 0 Å². The van der Waals surface area contributed by atoms with Crippen LogP contribution in [0.2, 0.25) is 0 Å². The van der Waals surface area contributed by atoms with Crippen LogP contribution in [0.25, 0.3) is 11.0 Å². The van der Waals surface area contributed by atoms with E-state index >= 15 is 0 Å². The van der Waals surface area contributed by atoms with Gasteiger partial charge in [-0.25, -0.2) is 4.52 Å². The summed E-state index contributed by atoms with van der Waals surface area (Å²) in [6.07, 6.45) is 6.48. The predicted molar refractivity (Wildman–Crippen MR) is 125 cm³/mol. The Labute approximate surface area is 195 Å². The summed E-state index contributed by atoms with van der Waals surface area (Å²) in [5, 5.41) is 17.4. The molecule has 2 saturated heterocycles. The topological polar surface area (TPSA) is 101 Å². The van der Waals surface area contributed by atoms with Gasteiger partial charge in [-0.2, -0.15) is 5.10 Å². The average Bonchev–Trinajstić information content (AvgIpc) is 3.51. The molecule has 0 unspecified atom stereocenters. The molecule has 4 aromatic rings. The van der Waals surface area contributed by atoms with Crippen LogP contribution in [-0.4, -0.2) is 61.1 Å². The molecule has 1 aliphatic carbocycles. The van der Waals surface area contributed by atoms with Crippen molar-refractivity contribution in [2.24, 2.45) is 0 Å². The molecule has 0 spiro atoms. The van der Waals surface area contributed by atoms with E-state index in [4.69, 9.17) is 4.74 Å². The van der Waals surface area contributed by atoms with Gasteiger partial charge in [0.25, 0.3) is 11.8 Å². The van der Waals surface area contributed by atoms with Crippen LogP contribution in [0.5, 0.6) is 11.5 Å². The van der Waals surface area contributed by atoms with Crippen molar-refractivity contribution in [3.05, 3.63) is 65.2 Å². The molecule has 2 N–H and O–H groups in total. The first-order chi connectivity index (χ1) is 16.3. The molecule has 34 heavy (non-hydrogen) atoms. The molecule has 174 valence electrons. The number of fused-ring (bicyclic) bond motifs is 3. The number of carbonyl (C=O) groups excluding carboxylic acids is 2. The summed E-state index contributed by atoms with van der Waals surface area (Å²) >= 11 is 0. The Hall–Kier alpha value is -3.85. The summed E-state index contributed by atoms with van der Waals surface area (Å²) in [5.41, 5.74) is 3.65. The SMILES string of the molecule is CNC(=O)c1c(C)cc2cc(Oc3ccnn4cc(C(=O)N5CC6(O)CC5C6)c(C)c34)ccn12. The highest BCUT2D eigenvalue weighted by Crippen LogP contribution is 2.45. The molecule has 2 bridgehead atoms. The van der Waals surface area contributed by atoms with Crippen molar-refractivity contribution in [3.8, 4) is 11.5 Å². The summed E-state index contributed by atoms with van der Waals surface area (Å²) in [5.74, 6) is 0.956. The Bertz CT molecular complexity index is 1490. The van der Waals surface area contributed by atoms with Crippen molar-refractivity contribution < 1.29 is 19.4 Å². The molecule has 0 atom stereocenters. The molecular formula is C25H25N5O4. The maximum Gasteiger partial charge on any atom is 0.268 e. The third-order valence-electron chi connectivity index (χ3n) is 7.12. The highest BCUT2D eigenvalue weighted by atomic mass is 16.5. The second-order valence-electron chi connectivity index (χ2n) is 9.39. The second kappa shape index (κ2) is 7.07. The van der Waals surface area contributed by atoms with E-state index in [1.54, 1.807) is 41.0 Å². The highest BCUT2D eigenvalue weighted by molar-refractivity contribution is 5.99. The number of nitrogens with zero attached hydrogens (tertiary/aromatic N) is 4. The van der Waals surface area contributed by atoms with Crippen molar-refractivity contribution in [1.29, 1.82) is 0 Å². The van der Waals surface area contributed by atoms with Crippen LogP contribution in [0.3, 0.4) is 0 Å². The van der Waals surface area contributed by atoms with Crippen LogP contribution in [-0.2, 0) is 0 Å². The van der Waals surface area contributed by atoms with Gasteiger partial charge >= 0.3 is 0 Å². The maximum atomic E-state index is 13.2. The first kappa shape index (κ1) is 20.7. The van der Waals surface area contributed by atoms with Crippen molar-refractivity contribution >= 4 is 22.8 Å². The Kier molecular flexibility index (Phi) is 4.31. The number of carbonyl (C=O) groups is 2. The van der Waals surface area contributed by atoms with E-state index in [2.05, 4.69) is 10.4 Å². The number of aromatic nitrogens is 3. The highest BCUT2D eigenvalue weighted by Gasteiger charge is 2.56. The Morgan fingerprint density at radius 1 is 1.24 bits per heavy atom. The van der Waals surface area contributed by atoms with Gasteiger partial charge in [0.1, 0.15) is 17.0 Å². The van der Waals surface area contributed by atoms with E-state index in [9.17, 15) is 14.7 Å². The molecule has 9 heteroatoms. The number of ether oxygens (including phenoxy) is 1. The van der Waals surface area contributed by atoms with Gasteiger partial charge in [-0.15, -0.1) is 0 Å². The molecular weight excluding hydrogens is 434 g/mol. The lowest BCUT2D eigenvalue weighted by atomic mass is 9.81. The van der Waals surface area contributed by atoms with Crippen molar-refractivity contribution in [2.75, 3.05) is 13.6 Å². The smallest absolute Gasteiger partial charge is 0.268 e. The van der Waals surface area contributed by atoms with Gasteiger partial charge in [0.15, 0.2) is 5.75 Å². The average molecular weight is 460 g/mol. The van der Waals surface area contributed by atoms with Crippen LogP contribution in [0, 0.1) is 13.8 Å². The number of hydrogen-bond donors (Lipinski definition) is 2. The number of hydrogen-bond acceptors (Lipinski definition) is 5. The summed E-state index contributed by atoms with van der Waals surface area (Å²) in [6.45, 7) is 4.17. The van der Waals surface area contributed by atoms with E-state index < -0.39 is 5.60 Å². The molecule has 6 heterocycles. The zero-order chi connectivity index (χ0) is 23.8. The fourth-order valence-corrected chi connectivity index (χ4v) is 5.42. The minimum absolute atomic E-state index is 0.0841. The number of aryl methyl sites for hydroxylation is 2. The standard InChI is InChI=1S/C25H25N5O4/c1-14-8-16-9-18(5-7-28(16)21(14)23(31)26-3)34-20-4-6-27-30-12-19(15(2)22(20)30)24(32)29-13-25(33)10-17(29)11-25/h4-9,12,17,33H,10-11,13H2,1-3H3,(H,26,31). The van der Waals surface area contributed by atoms with Crippen LogP contribution in [0.15, 0.2) is 42.9 Å². The summed E-state index contributed by atoms with van der Waals surface area (Å²) in [7, 11) is 1.61. The molecule has 0 aromatic carbocycles. The van der Waals surface area contributed by atoms with E-state index in [0.29, 0.717) is 47.7 Å². The molecule has 1 saturated carbocycles. The zero-order valence-electron chi connectivity index (χ0n) is 19.2. The summed E-state index contributed by atoms with van der Waals surface area (Å²) in [4.78, 5) is 27.3. The Morgan fingerprint density at radius 3 is 2.74 bits per heavy atom. The first-order valence-corrected chi connectivity index (χ1v) is 11.3. The molecule has 9 nitrogen and oxygen atoms in total. The minimum Gasteiger partial charge on any atom is -0.455 e. The van der Waals surface area contributed by atoms with Crippen LogP contribution < -0.4 is 10.1 Å². The number of amides is 2. The minimum atomic E-state index is -0.715. The fraction of sp³-hybridized carbons (Fsp3) is 0.320. The fourth-order valence-electron chi connectivity index (χ4n) is 5.42. The summed E-state index contributed by atoms with van der Waals surface area (Å²) in [6, 6.07) is 7.50. The first-order valence-electron chi connectivity index (χ1n) is 11.3. The van der Waals surface area contributed by atoms with Crippen molar-refractivity contribution in [2.45, 2.75) is 38.3 Å². The largest absolute Gasteiger partial charge is 0.455 e. The molecule has 3 fully saturated rings. The second-order valence-corrected chi connectivity index (χ2v) is 9.39. The molecule has 4 aromatic heterocycles. The lowest BCUT2D eigenvalue weighted by Gasteiger charge is -2.31. The van der Waals surface area contributed by atoms with Gasteiger partial charge in [-0.3, -0.25) is 9.59 Å². The Balaban J connectivity index is 1.35. The maximum absolute atomic E-state index is 13.2. The molecule has 2 amide bonds. The monoisotopic (exact) mass is 459 g/mol. The summed E-state index contributed by atoms with van der Waals surface area (Å²) < 4.78 is 9.74. The normalized spacial score (nSPS) is 21.2. The number of aliphatic hydroxyl groups is 1. The third-order valence-corrected chi connectivity index (χ3v) is 7.12. The van der Waals surface area contributed by atoms with Crippen LogP contribution in [0.4, 0.5) is 0 Å². The predicted octanol–water partition coefficient (Wildman–Crippen LogP) is 2.71. The third kappa shape index (κ3) is 2.93. The zero-order valence-corrected chi connectivity index (χ0v) is 19.2. The van der Waals surface area contributed by atoms with Gasteiger partial charge in [0.2, 0.25) is 0 Å². The molecule has 7 rings (SSSR count). The van der Waals surface area contributed by atoms with E-state index in [-0.39, 0.29) is 17.9 Å². The number of rotatable bonds is 4. The quantitative estimate of drug-likeness (QED) is 0.489. The van der Waals surface area contributed by atoms with Crippen molar-refractivity contribution in [3.63, 3.8) is 0 Å².